The van der Waals surface area contributed by atoms with Gasteiger partial charge in [-0.2, -0.15) is 4.31 Å². The lowest BCUT2D eigenvalue weighted by molar-refractivity contribution is -0.00555. The summed E-state index contributed by atoms with van der Waals surface area (Å²) in [5.74, 6) is 2.21. The number of nitrogens with zero attached hydrogens (tertiary/aromatic N) is 3. The molecule has 0 radical (unpaired) electrons. The first-order chi connectivity index (χ1) is 15.4. The Morgan fingerprint density at radius 3 is 2.16 bits per heavy atom. The second kappa shape index (κ2) is 7.60. The summed E-state index contributed by atoms with van der Waals surface area (Å²) in [5.41, 5.74) is 0.581. The number of rotatable bonds is 5. The molecule has 2 aromatic rings. The van der Waals surface area contributed by atoms with Crippen molar-refractivity contribution in [3.05, 3.63) is 34.8 Å². The second-order valence-electron chi connectivity index (χ2n) is 10.2. The maximum absolute atomic E-state index is 12.8. The van der Waals surface area contributed by atoms with E-state index < -0.39 is 10.0 Å². The Bertz CT molecular complexity index is 1100. The van der Waals surface area contributed by atoms with Gasteiger partial charge in [0.15, 0.2) is 0 Å². The van der Waals surface area contributed by atoms with Gasteiger partial charge < -0.3 is 0 Å². The van der Waals surface area contributed by atoms with Gasteiger partial charge in [-0.25, -0.2) is 8.42 Å². The van der Waals surface area contributed by atoms with Crippen LogP contribution in [0.2, 0.25) is 0 Å². The number of aromatic nitrogens is 2. The number of carbonyl (C=O) groups is 1. The first-order valence-electron chi connectivity index (χ1n) is 11.7. The van der Waals surface area contributed by atoms with Gasteiger partial charge in [-0.1, -0.05) is 11.3 Å². The molecule has 1 aliphatic heterocycles. The van der Waals surface area contributed by atoms with Crippen molar-refractivity contribution in [1.82, 2.24) is 14.5 Å². The molecule has 5 fully saturated rings. The van der Waals surface area contributed by atoms with Crippen LogP contribution < -0.4 is 5.32 Å². The SMILES string of the molecule is O=C(Nc1nnc(C23CC4CC(CC(C4)C2)C3)s1)c1ccc(S(=O)(=O)N2CCCC2)cc1. The molecule has 1 amide bonds. The first kappa shape index (κ1) is 20.7. The molecule has 7 nitrogen and oxygen atoms in total. The number of carbonyl (C=O) groups excluding carboxylic acids is 1. The molecule has 1 saturated heterocycles. The lowest BCUT2D eigenvalue weighted by Crippen LogP contribution is -2.48. The average Bonchev–Trinajstić information content (AvgIpc) is 3.46. The van der Waals surface area contributed by atoms with Gasteiger partial charge in [-0.3, -0.25) is 10.1 Å². The van der Waals surface area contributed by atoms with Crippen LogP contribution in [-0.4, -0.2) is 41.9 Å². The van der Waals surface area contributed by atoms with E-state index >= 15 is 0 Å². The third-order valence-corrected chi connectivity index (χ3v) is 11.0. The number of benzene rings is 1. The average molecular weight is 473 g/mol. The molecule has 1 aromatic carbocycles. The first-order valence-corrected chi connectivity index (χ1v) is 13.9. The fourth-order valence-corrected chi connectivity index (χ4v) is 9.36. The van der Waals surface area contributed by atoms with Crippen LogP contribution in [0, 0.1) is 17.8 Å². The van der Waals surface area contributed by atoms with Crippen LogP contribution in [0.15, 0.2) is 29.2 Å². The van der Waals surface area contributed by atoms with Crippen molar-refractivity contribution in [3.8, 4) is 0 Å². The highest BCUT2D eigenvalue weighted by atomic mass is 32.2. The van der Waals surface area contributed by atoms with Crippen molar-refractivity contribution in [3.63, 3.8) is 0 Å². The largest absolute Gasteiger partial charge is 0.296 e. The Morgan fingerprint density at radius 1 is 0.969 bits per heavy atom. The number of sulfonamides is 1. The molecule has 2 heterocycles. The predicted molar refractivity (Wildman–Crippen MR) is 122 cm³/mol. The van der Waals surface area contributed by atoms with Gasteiger partial charge in [-0.05, 0) is 93.4 Å². The van der Waals surface area contributed by atoms with Crippen molar-refractivity contribution in [2.45, 2.75) is 61.7 Å². The summed E-state index contributed by atoms with van der Waals surface area (Å²) in [6.07, 6.45) is 9.58. The fourth-order valence-electron chi connectivity index (χ4n) is 6.89. The lowest BCUT2D eigenvalue weighted by Gasteiger charge is -2.55. The second-order valence-corrected chi connectivity index (χ2v) is 13.1. The van der Waals surface area contributed by atoms with Crippen molar-refractivity contribution in [2.75, 3.05) is 18.4 Å². The number of hydrogen-bond acceptors (Lipinski definition) is 6. The van der Waals surface area contributed by atoms with Crippen LogP contribution in [-0.2, 0) is 15.4 Å². The molecule has 170 valence electrons. The van der Waals surface area contributed by atoms with Crippen LogP contribution in [0.3, 0.4) is 0 Å². The van der Waals surface area contributed by atoms with E-state index in [0.29, 0.717) is 23.8 Å². The predicted octanol–water partition coefficient (Wildman–Crippen LogP) is 4.04. The molecule has 0 unspecified atom stereocenters. The molecule has 4 aliphatic carbocycles. The highest BCUT2D eigenvalue weighted by Crippen LogP contribution is 2.61. The molecule has 4 saturated carbocycles. The van der Waals surface area contributed by atoms with Crippen molar-refractivity contribution in [2.24, 2.45) is 17.8 Å². The molecule has 1 aromatic heterocycles. The Kier molecular flexibility index (Phi) is 4.93. The van der Waals surface area contributed by atoms with E-state index in [1.54, 1.807) is 12.1 Å². The Hall–Kier alpha value is -1.84. The maximum atomic E-state index is 12.8. The minimum absolute atomic E-state index is 0.168. The molecular formula is C23H28N4O3S2. The van der Waals surface area contributed by atoms with Crippen LogP contribution in [0.1, 0.15) is 66.7 Å². The van der Waals surface area contributed by atoms with E-state index in [1.807, 2.05) is 0 Å². The van der Waals surface area contributed by atoms with E-state index in [2.05, 4.69) is 15.5 Å². The smallest absolute Gasteiger partial charge is 0.257 e. The molecule has 0 spiro atoms. The Balaban J connectivity index is 1.16. The minimum Gasteiger partial charge on any atom is -0.296 e. The summed E-state index contributed by atoms with van der Waals surface area (Å²) >= 11 is 1.51. The Labute approximate surface area is 192 Å². The zero-order valence-electron chi connectivity index (χ0n) is 18.0. The van der Waals surface area contributed by atoms with Gasteiger partial charge in [0.1, 0.15) is 5.01 Å². The zero-order chi connectivity index (χ0) is 21.9. The van der Waals surface area contributed by atoms with Gasteiger partial charge in [0.2, 0.25) is 15.2 Å². The van der Waals surface area contributed by atoms with Gasteiger partial charge in [0, 0.05) is 24.1 Å². The lowest BCUT2D eigenvalue weighted by atomic mass is 9.50. The zero-order valence-corrected chi connectivity index (χ0v) is 19.6. The quantitative estimate of drug-likeness (QED) is 0.709. The number of anilines is 1. The summed E-state index contributed by atoms with van der Waals surface area (Å²) in [4.78, 5) is 13.0. The molecule has 32 heavy (non-hydrogen) atoms. The molecule has 4 bridgehead atoms. The number of hydrogen-bond donors (Lipinski definition) is 1. The van der Waals surface area contributed by atoms with E-state index in [-0.39, 0.29) is 16.2 Å². The van der Waals surface area contributed by atoms with E-state index in [0.717, 1.165) is 35.6 Å². The summed E-state index contributed by atoms with van der Waals surface area (Å²) in [6, 6.07) is 6.17. The number of nitrogens with one attached hydrogen (secondary N) is 1. The molecule has 9 heteroatoms. The van der Waals surface area contributed by atoms with E-state index in [9.17, 15) is 13.2 Å². The van der Waals surface area contributed by atoms with Gasteiger partial charge >= 0.3 is 0 Å². The highest BCUT2D eigenvalue weighted by molar-refractivity contribution is 7.89. The van der Waals surface area contributed by atoms with Gasteiger partial charge in [0.25, 0.3) is 5.91 Å². The minimum atomic E-state index is -3.48. The van der Waals surface area contributed by atoms with Crippen LogP contribution in [0.4, 0.5) is 5.13 Å². The topological polar surface area (TPSA) is 92.3 Å². The van der Waals surface area contributed by atoms with Gasteiger partial charge in [0.05, 0.1) is 4.90 Å². The van der Waals surface area contributed by atoms with Crippen LogP contribution in [0.5, 0.6) is 0 Å². The molecule has 1 N–H and O–H groups in total. The van der Waals surface area contributed by atoms with E-state index in [1.165, 1.54) is 66.3 Å². The van der Waals surface area contributed by atoms with Gasteiger partial charge in [-0.15, -0.1) is 10.2 Å². The number of amides is 1. The monoisotopic (exact) mass is 472 g/mol. The summed E-state index contributed by atoms with van der Waals surface area (Å²) in [7, 11) is -3.48. The molecule has 7 rings (SSSR count). The normalized spacial score (nSPS) is 31.8. The van der Waals surface area contributed by atoms with Crippen molar-refractivity contribution >= 4 is 32.4 Å². The van der Waals surface area contributed by atoms with E-state index in [4.69, 9.17) is 0 Å². The summed E-state index contributed by atoms with van der Waals surface area (Å²) < 4.78 is 26.9. The fraction of sp³-hybridized carbons (Fsp3) is 0.609. The Morgan fingerprint density at radius 2 is 1.56 bits per heavy atom. The van der Waals surface area contributed by atoms with Crippen LogP contribution in [0.25, 0.3) is 0 Å². The maximum Gasteiger partial charge on any atom is 0.257 e. The van der Waals surface area contributed by atoms with Crippen molar-refractivity contribution < 1.29 is 13.2 Å². The standard InChI is InChI=1S/C23H28N4O3S2/c28-20(18-3-5-19(6-4-18)32(29,30)27-7-1-2-8-27)24-22-26-25-21(31-22)23-12-15-9-16(13-23)11-17(10-15)14-23/h3-6,15-17H,1-2,7-14H2,(H,24,26,28). The molecule has 5 aliphatic rings. The van der Waals surface area contributed by atoms with Crippen LogP contribution >= 0.6 is 11.3 Å². The highest BCUT2D eigenvalue weighted by Gasteiger charge is 2.53. The molecule has 0 atom stereocenters. The third-order valence-electron chi connectivity index (χ3n) is 7.96. The summed E-state index contributed by atoms with van der Waals surface area (Å²) in [6.45, 7) is 1.13. The third kappa shape index (κ3) is 3.49. The summed E-state index contributed by atoms with van der Waals surface area (Å²) in [5, 5.41) is 13.3. The van der Waals surface area contributed by atoms with Crippen molar-refractivity contribution in [1.29, 1.82) is 0 Å². The molecular weight excluding hydrogens is 444 g/mol.